The molecular weight excluding hydrogens is 192 g/mol. The Labute approximate surface area is 91.6 Å². The molecule has 0 aromatic rings. The molecule has 1 rings (SSSR count). The molecular formula is C10H22N4O. The van der Waals surface area contributed by atoms with Gasteiger partial charge in [-0.25, -0.2) is 5.84 Å². The van der Waals surface area contributed by atoms with Crippen molar-refractivity contribution in [1.29, 1.82) is 0 Å². The predicted molar refractivity (Wildman–Crippen MR) is 61.5 cm³/mol. The molecule has 0 aromatic heterocycles. The van der Waals surface area contributed by atoms with E-state index >= 15 is 0 Å². The molecule has 1 heterocycles. The molecule has 1 aliphatic rings. The number of hydrazine groups is 1. The van der Waals surface area contributed by atoms with Gasteiger partial charge in [-0.3, -0.25) is 10.4 Å². The maximum Gasteiger partial charge on any atom is 0.208 e. The molecule has 1 fully saturated rings. The number of piperidine rings is 1. The van der Waals surface area contributed by atoms with Crippen molar-refractivity contribution in [3.63, 3.8) is 0 Å². The topological polar surface area (TPSA) is 62.9 Å². The van der Waals surface area contributed by atoms with Crippen molar-refractivity contribution in [2.75, 3.05) is 26.7 Å². The van der Waals surface area contributed by atoms with Gasteiger partial charge in [-0.1, -0.05) is 0 Å². The van der Waals surface area contributed by atoms with Crippen molar-refractivity contribution in [1.82, 2.24) is 10.3 Å². The SMILES string of the molecule is CCN=C(NN)N1CCCC(C)(OC)C1. The highest BCUT2D eigenvalue weighted by atomic mass is 16.5. The minimum absolute atomic E-state index is 0.0798. The second-order valence-corrected chi connectivity index (χ2v) is 4.12. The molecule has 0 aliphatic carbocycles. The average molecular weight is 214 g/mol. The highest BCUT2D eigenvalue weighted by molar-refractivity contribution is 5.79. The number of nitrogens with one attached hydrogen (secondary N) is 1. The maximum atomic E-state index is 5.52. The van der Waals surface area contributed by atoms with E-state index in [2.05, 4.69) is 22.2 Å². The molecule has 0 aromatic carbocycles. The van der Waals surface area contributed by atoms with E-state index < -0.39 is 0 Å². The summed E-state index contributed by atoms with van der Waals surface area (Å²) >= 11 is 0. The molecule has 0 spiro atoms. The Bertz CT molecular complexity index is 231. The summed E-state index contributed by atoms with van der Waals surface area (Å²) in [6.07, 6.45) is 2.19. The molecule has 0 radical (unpaired) electrons. The monoisotopic (exact) mass is 214 g/mol. The minimum Gasteiger partial charge on any atom is -0.377 e. The Morgan fingerprint density at radius 3 is 2.93 bits per heavy atom. The third-order valence-corrected chi connectivity index (χ3v) is 2.89. The Morgan fingerprint density at radius 2 is 2.40 bits per heavy atom. The first kappa shape index (κ1) is 12.3. The number of methoxy groups -OCH3 is 1. The zero-order chi connectivity index (χ0) is 11.3. The first-order chi connectivity index (χ1) is 7.15. The van der Waals surface area contributed by atoms with Crippen LogP contribution in [-0.4, -0.2) is 43.2 Å². The smallest absolute Gasteiger partial charge is 0.208 e. The number of rotatable bonds is 2. The first-order valence-corrected chi connectivity index (χ1v) is 5.46. The molecule has 1 aliphatic heterocycles. The zero-order valence-corrected chi connectivity index (χ0v) is 9.92. The summed E-state index contributed by atoms with van der Waals surface area (Å²) in [5, 5.41) is 0. The summed E-state index contributed by atoms with van der Waals surface area (Å²) in [5.74, 6) is 6.22. The normalized spacial score (nSPS) is 28.0. The Hall–Kier alpha value is -0.810. The van der Waals surface area contributed by atoms with Gasteiger partial charge in [-0.05, 0) is 26.7 Å². The van der Waals surface area contributed by atoms with Crippen molar-refractivity contribution in [2.45, 2.75) is 32.3 Å². The standard InChI is InChI=1S/C10H22N4O/c1-4-12-9(13-11)14-7-5-6-10(2,8-14)15-3/h4-8,11H2,1-3H3,(H,12,13). The lowest BCUT2D eigenvalue weighted by Gasteiger charge is -2.40. The van der Waals surface area contributed by atoms with Crippen molar-refractivity contribution in [3.8, 4) is 0 Å². The molecule has 0 amide bonds. The second kappa shape index (κ2) is 5.32. The average Bonchev–Trinajstić information content (AvgIpc) is 2.26. The van der Waals surface area contributed by atoms with Crippen LogP contribution in [0.5, 0.6) is 0 Å². The summed E-state index contributed by atoms with van der Waals surface area (Å²) < 4.78 is 5.52. The van der Waals surface area contributed by atoms with E-state index in [4.69, 9.17) is 10.6 Å². The van der Waals surface area contributed by atoms with E-state index in [9.17, 15) is 0 Å². The van der Waals surface area contributed by atoms with Crippen LogP contribution < -0.4 is 11.3 Å². The fourth-order valence-electron chi connectivity index (χ4n) is 1.94. The number of hydrogen-bond donors (Lipinski definition) is 2. The van der Waals surface area contributed by atoms with Gasteiger partial charge in [-0.15, -0.1) is 0 Å². The van der Waals surface area contributed by atoms with Crippen LogP contribution in [0.1, 0.15) is 26.7 Å². The number of nitrogens with two attached hydrogens (primary N) is 1. The number of hydrogen-bond acceptors (Lipinski definition) is 3. The van der Waals surface area contributed by atoms with E-state index in [1.165, 1.54) is 0 Å². The van der Waals surface area contributed by atoms with E-state index in [0.29, 0.717) is 0 Å². The highest BCUT2D eigenvalue weighted by Crippen LogP contribution is 2.23. The summed E-state index contributed by atoms with van der Waals surface area (Å²) in [6, 6.07) is 0. The van der Waals surface area contributed by atoms with Crippen molar-refractivity contribution in [2.24, 2.45) is 10.8 Å². The molecule has 5 nitrogen and oxygen atoms in total. The van der Waals surface area contributed by atoms with Crippen LogP contribution >= 0.6 is 0 Å². The Morgan fingerprint density at radius 1 is 1.67 bits per heavy atom. The maximum absolute atomic E-state index is 5.52. The highest BCUT2D eigenvalue weighted by Gasteiger charge is 2.31. The van der Waals surface area contributed by atoms with Gasteiger partial charge >= 0.3 is 0 Å². The van der Waals surface area contributed by atoms with Gasteiger partial charge in [0.2, 0.25) is 5.96 Å². The number of guanidine groups is 1. The molecule has 1 atom stereocenters. The van der Waals surface area contributed by atoms with E-state index in [-0.39, 0.29) is 5.60 Å². The number of likely N-dealkylation sites (tertiary alicyclic amines) is 1. The number of aliphatic imine (C=N–C) groups is 1. The summed E-state index contributed by atoms with van der Waals surface area (Å²) in [6.45, 7) is 6.68. The molecule has 0 bridgehead atoms. The van der Waals surface area contributed by atoms with Crippen molar-refractivity contribution >= 4 is 5.96 Å². The van der Waals surface area contributed by atoms with Gasteiger partial charge in [-0.2, -0.15) is 0 Å². The van der Waals surface area contributed by atoms with Crippen LogP contribution in [0.2, 0.25) is 0 Å². The van der Waals surface area contributed by atoms with Crippen LogP contribution in [0.25, 0.3) is 0 Å². The largest absolute Gasteiger partial charge is 0.377 e. The lowest BCUT2D eigenvalue weighted by atomic mass is 9.95. The lowest BCUT2D eigenvalue weighted by molar-refractivity contribution is -0.0356. The van der Waals surface area contributed by atoms with Crippen LogP contribution in [-0.2, 0) is 4.74 Å². The summed E-state index contributed by atoms with van der Waals surface area (Å²) in [7, 11) is 1.76. The molecule has 1 saturated heterocycles. The molecule has 3 N–H and O–H groups in total. The number of ether oxygens (including phenoxy) is 1. The fourth-order valence-corrected chi connectivity index (χ4v) is 1.94. The van der Waals surface area contributed by atoms with Crippen LogP contribution in [0.3, 0.4) is 0 Å². The Balaban J connectivity index is 2.66. The summed E-state index contributed by atoms with van der Waals surface area (Å²) in [5.41, 5.74) is 2.58. The predicted octanol–water partition coefficient (Wildman–Crippen LogP) is 0.327. The first-order valence-electron chi connectivity index (χ1n) is 5.46. The second-order valence-electron chi connectivity index (χ2n) is 4.12. The summed E-state index contributed by atoms with van der Waals surface area (Å²) in [4.78, 5) is 6.47. The van der Waals surface area contributed by atoms with Gasteiger partial charge in [0.1, 0.15) is 0 Å². The quantitative estimate of drug-likeness (QED) is 0.301. The van der Waals surface area contributed by atoms with Crippen LogP contribution in [0.4, 0.5) is 0 Å². The fraction of sp³-hybridized carbons (Fsp3) is 0.900. The molecule has 88 valence electrons. The van der Waals surface area contributed by atoms with Gasteiger partial charge in [0.25, 0.3) is 0 Å². The van der Waals surface area contributed by atoms with Gasteiger partial charge < -0.3 is 9.64 Å². The molecule has 1 unspecified atom stereocenters. The third kappa shape index (κ3) is 3.07. The van der Waals surface area contributed by atoms with Crippen LogP contribution in [0, 0.1) is 0 Å². The lowest BCUT2D eigenvalue weighted by Crippen LogP contribution is -2.54. The van der Waals surface area contributed by atoms with E-state index in [0.717, 1.165) is 38.4 Å². The third-order valence-electron chi connectivity index (χ3n) is 2.89. The zero-order valence-electron chi connectivity index (χ0n) is 9.92. The molecule has 0 saturated carbocycles. The Kier molecular flexibility index (Phi) is 4.35. The van der Waals surface area contributed by atoms with E-state index in [1.54, 1.807) is 7.11 Å². The van der Waals surface area contributed by atoms with Gasteiger partial charge in [0.15, 0.2) is 0 Å². The van der Waals surface area contributed by atoms with E-state index in [1.807, 2.05) is 6.92 Å². The molecule has 5 heteroatoms. The van der Waals surface area contributed by atoms with Crippen molar-refractivity contribution < 1.29 is 4.74 Å². The minimum atomic E-state index is -0.0798. The van der Waals surface area contributed by atoms with Gasteiger partial charge in [0, 0.05) is 26.7 Å². The van der Waals surface area contributed by atoms with Crippen molar-refractivity contribution in [3.05, 3.63) is 0 Å². The number of nitrogens with zero attached hydrogens (tertiary/aromatic N) is 2. The molecule has 15 heavy (non-hydrogen) atoms. The van der Waals surface area contributed by atoms with Crippen LogP contribution in [0.15, 0.2) is 4.99 Å². The van der Waals surface area contributed by atoms with Gasteiger partial charge in [0.05, 0.1) is 5.60 Å².